The van der Waals surface area contributed by atoms with E-state index in [9.17, 15) is 14.7 Å². The lowest BCUT2D eigenvalue weighted by atomic mass is 9.76. The van der Waals surface area contributed by atoms with Crippen LogP contribution in [0.2, 0.25) is 0 Å². The van der Waals surface area contributed by atoms with Gasteiger partial charge in [0.05, 0.1) is 34.4 Å². The Morgan fingerprint density at radius 2 is 2.15 bits per heavy atom. The molecule has 4 rings (SSSR count). The van der Waals surface area contributed by atoms with Crippen LogP contribution in [0.15, 0.2) is 35.5 Å². The Bertz CT molecular complexity index is 1050. The van der Waals surface area contributed by atoms with Gasteiger partial charge < -0.3 is 15.0 Å². The molecule has 7 nitrogen and oxygen atoms in total. The lowest BCUT2D eigenvalue weighted by Gasteiger charge is -2.37. The van der Waals surface area contributed by atoms with E-state index in [4.69, 9.17) is 0 Å². The van der Waals surface area contributed by atoms with Gasteiger partial charge in [0, 0.05) is 13.2 Å². The maximum Gasteiger partial charge on any atom is 0.262 e. The number of nitrogens with one attached hydrogen (secondary N) is 1. The molecule has 8 heteroatoms. The number of pyridine rings is 1. The molecule has 1 atom stereocenters. The Labute approximate surface area is 159 Å². The monoisotopic (exact) mass is 384 g/mol. The Morgan fingerprint density at radius 1 is 1.37 bits per heavy atom. The number of amides is 1. The topological polar surface area (TPSA) is 97.1 Å². The van der Waals surface area contributed by atoms with Gasteiger partial charge in [-0.25, -0.2) is 4.98 Å². The van der Waals surface area contributed by atoms with Crippen molar-refractivity contribution in [3.05, 3.63) is 57.2 Å². The van der Waals surface area contributed by atoms with Crippen LogP contribution in [0.3, 0.4) is 0 Å². The van der Waals surface area contributed by atoms with Crippen molar-refractivity contribution >= 4 is 27.5 Å². The number of aliphatic hydroxyl groups is 1. The van der Waals surface area contributed by atoms with Crippen molar-refractivity contribution in [3.63, 3.8) is 0 Å². The summed E-state index contributed by atoms with van der Waals surface area (Å²) in [6.45, 7) is 1.78. The van der Waals surface area contributed by atoms with Crippen LogP contribution in [0.25, 0.3) is 10.2 Å². The molecule has 27 heavy (non-hydrogen) atoms. The summed E-state index contributed by atoms with van der Waals surface area (Å²) in [6.07, 6.45) is 4.11. The highest BCUT2D eigenvalue weighted by molar-refractivity contribution is 7.20. The fourth-order valence-corrected chi connectivity index (χ4v) is 4.57. The number of rotatable bonds is 4. The molecule has 3 heterocycles. The summed E-state index contributed by atoms with van der Waals surface area (Å²) in [5.41, 5.74) is 1.27. The first-order chi connectivity index (χ1) is 13.0. The van der Waals surface area contributed by atoms with Gasteiger partial charge in [-0.15, -0.1) is 11.3 Å². The van der Waals surface area contributed by atoms with Gasteiger partial charge in [-0.05, 0) is 43.4 Å². The molecular weight excluding hydrogens is 364 g/mol. The normalized spacial score (nSPS) is 20.3. The maximum absolute atomic E-state index is 13.0. The highest BCUT2D eigenvalue weighted by atomic mass is 32.1. The van der Waals surface area contributed by atoms with Gasteiger partial charge in [0.15, 0.2) is 0 Å². The van der Waals surface area contributed by atoms with E-state index in [1.807, 2.05) is 18.2 Å². The molecule has 2 N–H and O–H groups in total. The summed E-state index contributed by atoms with van der Waals surface area (Å²) in [4.78, 5) is 35.1. The highest BCUT2D eigenvalue weighted by Gasteiger charge is 2.37. The van der Waals surface area contributed by atoms with Gasteiger partial charge in [-0.3, -0.25) is 14.6 Å². The average molecular weight is 384 g/mol. The van der Waals surface area contributed by atoms with Gasteiger partial charge in [0.25, 0.3) is 11.5 Å². The number of nitrogens with zero attached hydrogens (tertiary/aromatic N) is 3. The number of hydrogen-bond donors (Lipinski definition) is 2. The number of aromatic nitrogens is 3. The molecule has 1 fully saturated rings. The largest absolute Gasteiger partial charge is 0.393 e. The fraction of sp³-hybridized carbons (Fsp3) is 0.368. The Kier molecular flexibility index (Phi) is 4.53. The van der Waals surface area contributed by atoms with E-state index < -0.39 is 0 Å². The van der Waals surface area contributed by atoms with E-state index in [-0.39, 0.29) is 29.5 Å². The van der Waals surface area contributed by atoms with E-state index in [0.29, 0.717) is 33.5 Å². The standard InChI is InChI=1S/C19H20N4O3S/c1-10-14-18(21-9-23(2)19(14)26)27-16(10)17(25)22-15(11-7-12(24)8-11)13-5-3-4-6-20-13/h3-6,9,11-12,15,24H,7-8H2,1-2H3,(H,22,25)/t11?,12?,15-/m1/s1. The molecule has 1 saturated carbocycles. The van der Waals surface area contributed by atoms with Crippen LogP contribution in [-0.4, -0.2) is 31.7 Å². The number of hydrogen-bond acceptors (Lipinski definition) is 6. The van der Waals surface area contributed by atoms with Crippen molar-refractivity contribution < 1.29 is 9.90 Å². The zero-order valence-corrected chi connectivity index (χ0v) is 15.9. The molecule has 0 spiro atoms. The van der Waals surface area contributed by atoms with Crippen LogP contribution >= 0.6 is 11.3 Å². The van der Waals surface area contributed by atoms with Crippen LogP contribution in [0, 0.1) is 12.8 Å². The molecule has 1 aliphatic carbocycles. The number of fused-ring (bicyclic) bond motifs is 1. The van der Waals surface area contributed by atoms with E-state index in [0.717, 1.165) is 5.69 Å². The second-order valence-electron chi connectivity index (χ2n) is 6.99. The van der Waals surface area contributed by atoms with Gasteiger partial charge in [0.1, 0.15) is 4.83 Å². The molecule has 0 saturated heterocycles. The first-order valence-electron chi connectivity index (χ1n) is 8.80. The Balaban J connectivity index is 1.67. The summed E-state index contributed by atoms with van der Waals surface area (Å²) >= 11 is 1.22. The first kappa shape index (κ1) is 17.8. The van der Waals surface area contributed by atoms with E-state index in [1.165, 1.54) is 22.2 Å². The molecule has 1 amide bonds. The van der Waals surface area contributed by atoms with Crippen molar-refractivity contribution in [2.24, 2.45) is 13.0 Å². The van der Waals surface area contributed by atoms with Crippen LogP contribution in [0.1, 0.15) is 39.8 Å². The molecule has 0 unspecified atom stereocenters. The van der Waals surface area contributed by atoms with E-state index in [2.05, 4.69) is 15.3 Å². The average Bonchev–Trinajstić information content (AvgIpc) is 2.98. The Morgan fingerprint density at radius 3 is 2.81 bits per heavy atom. The molecule has 0 aliphatic heterocycles. The number of aliphatic hydroxyl groups excluding tert-OH is 1. The third-order valence-electron chi connectivity index (χ3n) is 5.13. The van der Waals surface area contributed by atoms with Crippen LogP contribution in [0.5, 0.6) is 0 Å². The van der Waals surface area contributed by atoms with Crippen molar-refractivity contribution in [2.45, 2.75) is 31.9 Å². The van der Waals surface area contributed by atoms with Crippen molar-refractivity contribution in [1.82, 2.24) is 19.9 Å². The van der Waals surface area contributed by atoms with Gasteiger partial charge >= 0.3 is 0 Å². The minimum atomic E-state index is -0.323. The number of thiophene rings is 1. The van der Waals surface area contributed by atoms with Crippen LogP contribution in [0.4, 0.5) is 0 Å². The predicted molar refractivity (Wildman–Crippen MR) is 103 cm³/mol. The molecule has 140 valence electrons. The third kappa shape index (κ3) is 3.15. The SMILES string of the molecule is Cc1c(C(=O)N[C@@H](c2ccccn2)C2CC(O)C2)sc2ncn(C)c(=O)c12. The number of carbonyl (C=O) groups excluding carboxylic acids is 1. The predicted octanol–water partition coefficient (Wildman–Crippen LogP) is 1.94. The molecule has 1 aliphatic rings. The zero-order chi connectivity index (χ0) is 19.1. The first-order valence-corrected chi connectivity index (χ1v) is 9.62. The number of aryl methyl sites for hydroxylation is 2. The molecule has 0 aromatic carbocycles. The van der Waals surface area contributed by atoms with Crippen molar-refractivity contribution in [3.8, 4) is 0 Å². The summed E-state index contributed by atoms with van der Waals surface area (Å²) in [6, 6.07) is 5.32. The minimum Gasteiger partial charge on any atom is -0.393 e. The zero-order valence-electron chi connectivity index (χ0n) is 15.0. The van der Waals surface area contributed by atoms with E-state index >= 15 is 0 Å². The van der Waals surface area contributed by atoms with Gasteiger partial charge in [-0.2, -0.15) is 0 Å². The van der Waals surface area contributed by atoms with Gasteiger partial charge in [0.2, 0.25) is 0 Å². The van der Waals surface area contributed by atoms with Gasteiger partial charge in [-0.1, -0.05) is 6.07 Å². The Hall–Kier alpha value is -2.58. The summed E-state index contributed by atoms with van der Waals surface area (Å²) < 4.78 is 1.41. The van der Waals surface area contributed by atoms with E-state index in [1.54, 1.807) is 20.2 Å². The molecule has 3 aromatic heterocycles. The molecule has 0 radical (unpaired) electrons. The van der Waals surface area contributed by atoms with Crippen LogP contribution in [-0.2, 0) is 7.05 Å². The lowest BCUT2D eigenvalue weighted by molar-refractivity contribution is 0.0228. The van der Waals surface area contributed by atoms with Crippen LogP contribution < -0.4 is 10.9 Å². The highest BCUT2D eigenvalue weighted by Crippen LogP contribution is 2.38. The second kappa shape index (κ2) is 6.86. The third-order valence-corrected chi connectivity index (χ3v) is 6.33. The molecule has 0 bridgehead atoms. The summed E-state index contributed by atoms with van der Waals surface area (Å²) in [7, 11) is 1.64. The summed E-state index contributed by atoms with van der Waals surface area (Å²) in [5.74, 6) is -0.103. The smallest absolute Gasteiger partial charge is 0.262 e. The molecule has 3 aromatic rings. The maximum atomic E-state index is 13.0. The second-order valence-corrected chi connectivity index (χ2v) is 7.99. The fourth-order valence-electron chi connectivity index (χ4n) is 3.53. The lowest BCUT2D eigenvalue weighted by Crippen LogP contribution is -2.41. The quantitative estimate of drug-likeness (QED) is 0.716. The van der Waals surface area contributed by atoms with Crippen molar-refractivity contribution in [2.75, 3.05) is 0 Å². The van der Waals surface area contributed by atoms with Crippen molar-refractivity contribution in [1.29, 1.82) is 0 Å². The number of carbonyl (C=O) groups is 1. The molecular formula is C19H20N4O3S. The minimum absolute atomic E-state index is 0.138. The summed E-state index contributed by atoms with van der Waals surface area (Å²) in [5, 5.41) is 13.2.